The van der Waals surface area contributed by atoms with E-state index in [1.807, 2.05) is 53.5 Å². The number of benzene rings is 4. The third-order valence-electron chi connectivity index (χ3n) is 8.60. The van der Waals surface area contributed by atoms with E-state index in [0.717, 1.165) is 10.0 Å². The lowest BCUT2D eigenvalue weighted by atomic mass is 9.64. The Labute approximate surface area is 250 Å². The largest absolute Gasteiger partial charge is 0.424 e. The molecule has 0 aromatic heterocycles. The first-order chi connectivity index (χ1) is 20.3. The van der Waals surface area contributed by atoms with Crippen LogP contribution in [0.4, 0.5) is 5.69 Å². The third kappa shape index (κ3) is 3.63. The fourth-order valence-corrected chi connectivity index (χ4v) is 7.30. The minimum Gasteiger partial charge on any atom is -0.424 e. The van der Waals surface area contributed by atoms with Gasteiger partial charge in [-0.25, -0.2) is 0 Å². The highest BCUT2D eigenvalue weighted by atomic mass is 79.9. The highest BCUT2D eigenvalue weighted by Crippen LogP contribution is 2.62. The zero-order valence-electron chi connectivity index (χ0n) is 22.5. The maximum Gasteiger partial charge on any atom is 0.308 e. The van der Waals surface area contributed by atoms with Crippen molar-refractivity contribution >= 4 is 51.0 Å². The summed E-state index contributed by atoms with van der Waals surface area (Å²) in [5, 5.41) is 0. The standard InChI is InChI=1S/C35H24BrNO5/c1-20(38)42-27-13-7-10-22-16-19-28-35(33(40)25-11-5-6-12-26(25)34(35)41)29(21-14-17-24(36)18-15-21)31(37(28)30(22)27)32(39)23-8-3-2-4-9-23/h2-19,28-29,31H,1H3/t28-,29-,31-/m1/s1. The molecule has 42 heavy (non-hydrogen) atoms. The molecule has 3 aliphatic rings. The van der Waals surface area contributed by atoms with E-state index in [0.29, 0.717) is 27.9 Å². The normalized spacial score (nSPS) is 21.2. The van der Waals surface area contributed by atoms with Crippen molar-refractivity contribution in [2.45, 2.75) is 24.9 Å². The Kier molecular flexibility index (Phi) is 6.10. The van der Waals surface area contributed by atoms with E-state index in [1.54, 1.807) is 60.7 Å². The number of Topliss-reactive ketones (excluding diaryl/α,β-unsaturated/α-hetero) is 3. The summed E-state index contributed by atoms with van der Waals surface area (Å²) in [6, 6.07) is 26.7. The molecule has 0 amide bonds. The van der Waals surface area contributed by atoms with E-state index in [9.17, 15) is 19.2 Å². The summed E-state index contributed by atoms with van der Waals surface area (Å²) in [7, 11) is 0. The molecule has 7 heteroatoms. The van der Waals surface area contributed by atoms with E-state index in [1.165, 1.54) is 6.92 Å². The predicted octanol–water partition coefficient (Wildman–Crippen LogP) is 6.69. The summed E-state index contributed by atoms with van der Waals surface area (Å²) in [6.45, 7) is 1.32. The lowest BCUT2D eigenvalue weighted by molar-refractivity contribution is -0.131. The second kappa shape index (κ2) is 9.74. The number of nitrogens with zero attached hydrogens (tertiary/aromatic N) is 1. The first-order valence-corrected chi connectivity index (χ1v) is 14.4. The Bertz CT molecular complexity index is 1790. The van der Waals surface area contributed by atoms with Crippen LogP contribution >= 0.6 is 15.9 Å². The number of hydrogen-bond acceptors (Lipinski definition) is 6. The highest BCUT2D eigenvalue weighted by molar-refractivity contribution is 9.10. The molecule has 0 radical (unpaired) electrons. The number of rotatable bonds is 4. The fourth-order valence-electron chi connectivity index (χ4n) is 7.04. The number of ketones is 3. The van der Waals surface area contributed by atoms with Gasteiger partial charge >= 0.3 is 5.97 Å². The smallest absolute Gasteiger partial charge is 0.308 e. The number of anilines is 1. The van der Waals surface area contributed by atoms with Gasteiger partial charge in [0.15, 0.2) is 23.1 Å². The third-order valence-corrected chi connectivity index (χ3v) is 9.12. The molecule has 206 valence electrons. The predicted molar refractivity (Wildman–Crippen MR) is 162 cm³/mol. The molecule has 2 heterocycles. The second-order valence-corrected chi connectivity index (χ2v) is 11.7. The average Bonchev–Trinajstić information content (AvgIpc) is 3.43. The number of esters is 1. The van der Waals surface area contributed by atoms with Gasteiger partial charge in [0.1, 0.15) is 11.5 Å². The van der Waals surface area contributed by atoms with Crippen LogP contribution in [0, 0.1) is 5.41 Å². The molecule has 3 atom stereocenters. The van der Waals surface area contributed by atoms with Crippen LogP contribution in [0.3, 0.4) is 0 Å². The molecule has 0 N–H and O–H groups in total. The number of ether oxygens (including phenoxy) is 1. The second-order valence-electron chi connectivity index (χ2n) is 10.8. The van der Waals surface area contributed by atoms with E-state index in [4.69, 9.17) is 4.74 Å². The Morgan fingerprint density at radius 2 is 1.45 bits per heavy atom. The van der Waals surface area contributed by atoms with Crippen molar-refractivity contribution in [1.29, 1.82) is 0 Å². The van der Waals surface area contributed by atoms with Crippen LogP contribution in [-0.4, -0.2) is 35.4 Å². The van der Waals surface area contributed by atoms with Crippen LogP contribution < -0.4 is 9.64 Å². The Hall–Kier alpha value is -4.62. The lowest BCUT2D eigenvalue weighted by Crippen LogP contribution is -2.48. The number of fused-ring (bicyclic) bond motifs is 5. The van der Waals surface area contributed by atoms with Gasteiger partial charge in [-0.2, -0.15) is 0 Å². The van der Waals surface area contributed by atoms with E-state index in [-0.39, 0.29) is 23.1 Å². The SMILES string of the molecule is CC(=O)Oc1cccc2c1N1[C@@H](C(=O)c3ccccc3)[C@@H](c3ccc(Br)cc3)C3(C(=O)c4ccccc4C3=O)[C@H]1C=C2. The Balaban J connectivity index is 1.57. The molecule has 4 aromatic rings. The van der Waals surface area contributed by atoms with Gasteiger partial charge in [-0.3, -0.25) is 19.2 Å². The van der Waals surface area contributed by atoms with Crippen LogP contribution in [0.1, 0.15) is 55.0 Å². The molecule has 0 unspecified atom stereocenters. The average molecular weight is 618 g/mol. The molecule has 7 rings (SSSR count). The van der Waals surface area contributed by atoms with Crippen molar-refractivity contribution in [3.05, 3.63) is 135 Å². The summed E-state index contributed by atoms with van der Waals surface area (Å²) in [5.41, 5.74) is 1.44. The lowest BCUT2D eigenvalue weighted by Gasteiger charge is -2.37. The van der Waals surface area contributed by atoms with Gasteiger partial charge in [0, 0.05) is 39.6 Å². The quantitative estimate of drug-likeness (QED) is 0.110. The van der Waals surface area contributed by atoms with Crippen LogP contribution in [0.2, 0.25) is 0 Å². The molecule has 1 spiro atoms. The summed E-state index contributed by atoms with van der Waals surface area (Å²) in [6.07, 6.45) is 3.70. The molecule has 6 nitrogen and oxygen atoms in total. The number of carbonyl (C=O) groups is 4. The number of hydrogen-bond donors (Lipinski definition) is 0. The molecule has 2 aliphatic heterocycles. The molecular weight excluding hydrogens is 594 g/mol. The van der Waals surface area contributed by atoms with Crippen molar-refractivity contribution < 1.29 is 23.9 Å². The van der Waals surface area contributed by atoms with E-state index < -0.39 is 29.4 Å². The zero-order chi connectivity index (χ0) is 29.2. The molecule has 1 aliphatic carbocycles. The summed E-state index contributed by atoms with van der Waals surface area (Å²) < 4.78 is 6.51. The summed E-state index contributed by atoms with van der Waals surface area (Å²) in [5.74, 6) is -1.96. The van der Waals surface area contributed by atoms with E-state index >= 15 is 0 Å². The van der Waals surface area contributed by atoms with E-state index in [2.05, 4.69) is 15.9 Å². The Morgan fingerprint density at radius 1 is 0.810 bits per heavy atom. The van der Waals surface area contributed by atoms with Crippen LogP contribution in [0.15, 0.2) is 108 Å². The molecule has 0 bridgehead atoms. The number of halogens is 1. The topological polar surface area (TPSA) is 80.8 Å². The van der Waals surface area contributed by atoms with Gasteiger partial charge in [-0.1, -0.05) is 107 Å². The van der Waals surface area contributed by atoms with Gasteiger partial charge < -0.3 is 9.64 Å². The molecule has 1 saturated heterocycles. The van der Waals surface area contributed by atoms with Gasteiger partial charge in [-0.15, -0.1) is 0 Å². The molecule has 0 saturated carbocycles. The maximum absolute atomic E-state index is 14.7. The minimum absolute atomic E-state index is 0.235. The number of carbonyl (C=O) groups excluding carboxylic acids is 4. The van der Waals surface area contributed by atoms with Crippen LogP contribution in [-0.2, 0) is 4.79 Å². The van der Waals surface area contributed by atoms with Gasteiger partial charge in [0.05, 0.1) is 11.7 Å². The van der Waals surface area contributed by atoms with Gasteiger partial charge in [0.25, 0.3) is 0 Å². The summed E-state index contributed by atoms with van der Waals surface area (Å²) in [4.78, 5) is 58.2. The minimum atomic E-state index is -1.63. The monoisotopic (exact) mass is 617 g/mol. The number of para-hydroxylation sites is 1. The van der Waals surface area contributed by atoms with Gasteiger partial charge in [0.2, 0.25) is 0 Å². The first-order valence-electron chi connectivity index (χ1n) is 13.7. The van der Waals surface area contributed by atoms with Crippen LogP contribution in [0.5, 0.6) is 5.75 Å². The van der Waals surface area contributed by atoms with Gasteiger partial charge in [-0.05, 0) is 23.8 Å². The molecule has 1 fully saturated rings. The first kappa shape index (κ1) is 26.3. The Morgan fingerprint density at radius 3 is 2.10 bits per heavy atom. The molecule has 4 aromatic carbocycles. The summed E-state index contributed by atoms with van der Waals surface area (Å²) >= 11 is 3.50. The van der Waals surface area contributed by atoms with Crippen molar-refractivity contribution in [3.63, 3.8) is 0 Å². The van der Waals surface area contributed by atoms with Crippen molar-refractivity contribution in [3.8, 4) is 5.75 Å². The van der Waals surface area contributed by atoms with Crippen molar-refractivity contribution in [1.82, 2.24) is 0 Å². The van der Waals surface area contributed by atoms with Crippen molar-refractivity contribution in [2.24, 2.45) is 5.41 Å². The highest BCUT2D eigenvalue weighted by Gasteiger charge is 2.71. The maximum atomic E-state index is 14.7. The van der Waals surface area contributed by atoms with Crippen LogP contribution in [0.25, 0.3) is 6.08 Å². The van der Waals surface area contributed by atoms with Crippen molar-refractivity contribution in [2.75, 3.05) is 4.90 Å². The molecular formula is C35H24BrNO5. The fraction of sp³-hybridized carbons (Fsp3) is 0.143. The zero-order valence-corrected chi connectivity index (χ0v) is 24.1.